The number of halogens is 2. The predicted octanol–water partition coefficient (Wildman–Crippen LogP) is 3.52. The Morgan fingerprint density at radius 1 is 1.67 bits per heavy atom. The summed E-state index contributed by atoms with van der Waals surface area (Å²) in [6, 6.07) is 1.77. The molecule has 0 fully saturated rings. The molecule has 0 aliphatic carbocycles. The first-order valence-electron chi connectivity index (χ1n) is 3.46. The second kappa shape index (κ2) is 3.77. The molecular weight excluding hydrogens is 215 g/mol. The van der Waals surface area contributed by atoms with Gasteiger partial charge in [0.15, 0.2) is 5.78 Å². The van der Waals surface area contributed by atoms with E-state index in [1.54, 1.807) is 13.0 Å². The Labute approximate surface area is 85.3 Å². The predicted molar refractivity (Wildman–Crippen MR) is 53.7 cm³/mol. The van der Waals surface area contributed by atoms with E-state index in [2.05, 4.69) is 0 Å². The van der Waals surface area contributed by atoms with Crippen LogP contribution in [-0.2, 0) is 0 Å². The lowest BCUT2D eigenvalue weighted by molar-refractivity contribution is 0.0995. The second-order valence-electron chi connectivity index (χ2n) is 2.55. The summed E-state index contributed by atoms with van der Waals surface area (Å²) in [6.45, 7) is 3.53. The fourth-order valence-electron chi connectivity index (χ4n) is 0.777. The number of ketones is 1. The number of rotatable bonds is 2. The van der Waals surface area contributed by atoms with Gasteiger partial charge in [0, 0.05) is 0 Å². The SMILES string of the molecule is Cc1cc(C(=O)C(C)Cl)sc1Cl. The highest BCUT2D eigenvalue weighted by Gasteiger charge is 2.15. The zero-order valence-corrected chi connectivity index (χ0v) is 9.06. The molecule has 1 atom stereocenters. The Hall–Kier alpha value is -0.0500. The number of hydrogen-bond donors (Lipinski definition) is 0. The molecule has 0 saturated heterocycles. The van der Waals surface area contributed by atoms with Crippen LogP contribution in [0, 0.1) is 6.92 Å². The Bertz CT molecular complexity index is 285. The van der Waals surface area contributed by atoms with Gasteiger partial charge in [-0.05, 0) is 25.5 Å². The van der Waals surface area contributed by atoms with Gasteiger partial charge in [0.2, 0.25) is 0 Å². The minimum atomic E-state index is -0.473. The Kier molecular flexibility index (Phi) is 3.16. The van der Waals surface area contributed by atoms with Crippen molar-refractivity contribution in [2.45, 2.75) is 19.2 Å². The maximum Gasteiger partial charge on any atom is 0.190 e. The molecule has 0 saturated carbocycles. The molecule has 4 heteroatoms. The summed E-state index contributed by atoms with van der Waals surface area (Å²) in [5, 5.41) is -0.473. The normalized spacial score (nSPS) is 13.0. The molecule has 66 valence electrons. The van der Waals surface area contributed by atoms with Crippen LogP contribution in [0.3, 0.4) is 0 Å². The zero-order chi connectivity index (χ0) is 9.30. The monoisotopic (exact) mass is 222 g/mol. The van der Waals surface area contributed by atoms with Crippen LogP contribution in [0.5, 0.6) is 0 Å². The summed E-state index contributed by atoms with van der Waals surface area (Å²) in [5.74, 6) is -0.0586. The molecule has 1 rings (SSSR count). The van der Waals surface area contributed by atoms with Crippen LogP contribution in [0.4, 0.5) is 0 Å². The van der Waals surface area contributed by atoms with Crippen LogP contribution in [0.2, 0.25) is 4.34 Å². The number of thiophene rings is 1. The molecule has 0 N–H and O–H groups in total. The van der Waals surface area contributed by atoms with Crippen LogP contribution in [0.25, 0.3) is 0 Å². The summed E-state index contributed by atoms with van der Waals surface area (Å²) in [7, 11) is 0. The van der Waals surface area contributed by atoms with Crippen LogP contribution in [0.1, 0.15) is 22.2 Å². The Morgan fingerprint density at radius 2 is 2.25 bits per heavy atom. The van der Waals surface area contributed by atoms with Crippen molar-refractivity contribution >= 4 is 40.3 Å². The van der Waals surface area contributed by atoms with Crippen molar-refractivity contribution in [2.75, 3.05) is 0 Å². The molecule has 0 spiro atoms. The van der Waals surface area contributed by atoms with E-state index in [-0.39, 0.29) is 5.78 Å². The smallest absolute Gasteiger partial charge is 0.190 e. The van der Waals surface area contributed by atoms with Gasteiger partial charge in [-0.3, -0.25) is 4.79 Å². The van der Waals surface area contributed by atoms with Crippen LogP contribution in [0.15, 0.2) is 6.07 Å². The van der Waals surface area contributed by atoms with E-state index >= 15 is 0 Å². The maximum atomic E-state index is 11.3. The fourth-order valence-corrected chi connectivity index (χ4v) is 2.19. The van der Waals surface area contributed by atoms with Gasteiger partial charge in [0.25, 0.3) is 0 Å². The first-order chi connectivity index (χ1) is 5.52. The first-order valence-corrected chi connectivity index (χ1v) is 5.09. The molecule has 0 radical (unpaired) electrons. The third kappa shape index (κ3) is 2.00. The lowest BCUT2D eigenvalue weighted by Crippen LogP contribution is -2.07. The van der Waals surface area contributed by atoms with Crippen molar-refractivity contribution in [3.63, 3.8) is 0 Å². The van der Waals surface area contributed by atoms with E-state index in [1.165, 1.54) is 11.3 Å². The van der Waals surface area contributed by atoms with E-state index in [4.69, 9.17) is 23.2 Å². The molecule has 1 nitrogen and oxygen atoms in total. The molecule has 1 unspecified atom stereocenters. The topological polar surface area (TPSA) is 17.1 Å². The lowest BCUT2D eigenvalue weighted by atomic mass is 10.2. The molecule has 0 aromatic carbocycles. The average molecular weight is 223 g/mol. The third-order valence-electron chi connectivity index (χ3n) is 1.46. The number of Topliss-reactive ketones (excluding diaryl/α,β-unsaturated/α-hetero) is 1. The first kappa shape index (κ1) is 10.0. The summed E-state index contributed by atoms with van der Waals surface area (Å²) >= 11 is 12.7. The molecular formula is C8H8Cl2OS. The van der Waals surface area contributed by atoms with E-state index in [1.807, 2.05) is 6.92 Å². The second-order valence-corrected chi connectivity index (χ2v) is 4.86. The number of hydrogen-bond acceptors (Lipinski definition) is 2. The quantitative estimate of drug-likeness (QED) is 0.553. The maximum absolute atomic E-state index is 11.3. The Morgan fingerprint density at radius 3 is 2.58 bits per heavy atom. The molecule has 1 aromatic heterocycles. The largest absolute Gasteiger partial charge is 0.292 e. The highest BCUT2D eigenvalue weighted by Crippen LogP contribution is 2.28. The van der Waals surface area contributed by atoms with Gasteiger partial charge in [-0.1, -0.05) is 11.6 Å². The Balaban J connectivity index is 2.97. The third-order valence-corrected chi connectivity index (χ3v) is 3.23. The van der Waals surface area contributed by atoms with Crippen LogP contribution < -0.4 is 0 Å². The number of alkyl halides is 1. The number of carbonyl (C=O) groups excluding carboxylic acids is 1. The molecule has 1 aromatic rings. The van der Waals surface area contributed by atoms with Gasteiger partial charge in [0.1, 0.15) is 0 Å². The van der Waals surface area contributed by atoms with Gasteiger partial charge in [-0.15, -0.1) is 22.9 Å². The molecule has 12 heavy (non-hydrogen) atoms. The number of carbonyl (C=O) groups is 1. The van der Waals surface area contributed by atoms with Gasteiger partial charge < -0.3 is 0 Å². The zero-order valence-electron chi connectivity index (χ0n) is 6.73. The average Bonchev–Trinajstić information content (AvgIpc) is 2.30. The van der Waals surface area contributed by atoms with Gasteiger partial charge in [0.05, 0.1) is 14.6 Å². The molecule has 0 bridgehead atoms. The van der Waals surface area contributed by atoms with Crippen molar-refractivity contribution in [3.8, 4) is 0 Å². The van der Waals surface area contributed by atoms with Crippen molar-refractivity contribution in [1.29, 1.82) is 0 Å². The van der Waals surface area contributed by atoms with Crippen molar-refractivity contribution in [2.24, 2.45) is 0 Å². The fraction of sp³-hybridized carbons (Fsp3) is 0.375. The van der Waals surface area contributed by atoms with Gasteiger partial charge >= 0.3 is 0 Å². The van der Waals surface area contributed by atoms with E-state index in [0.29, 0.717) is 9.21 Å². The van der Waals surface area contributed by atoms with E-state index in [9.17, 15) is 4.79 Å². The minimum absolute atomic E-state index is 0.0586. The van der Waals surface area contributed by atoms with Crippen molar-refractivity contribution in [1.82, 2.24) is 0 Å². The summed E-state index contributed by atoms with van der Waals surface area (Å²) < 4.78 is 0.663. The summed E-state index contributed by atoms with van der Waals surface area (Å²) in [6.07, 6.45) is 0. The van der Waals surface area contributed by atoms with Crippen LogP contribution >= 0.6 is 34.5 Å². The van der Waals surface area contributed by atoms with E-state index < -0.39 is 5.38 Å². The standard InChI is InChI=1S/C8H8Cl2OS/c1-4-3-6(12-8(4)10)7(11)5(2)9/h3,5H,1-2H3. The van der Waals surface area contributed by atoms with Crippen molar-refractivity contribution in [3.05, 3.63) is 20.8 Å². The van der Waals surface area contributed by atoms with Crippen molar-refractivity contribution < 1.29 is 4.79 Å². The van der Waals surface area contributed by atoms with Crippen LogP contribution in [-0.4, -0.2) is 11.2 Å². The molecule has 0 aliphatic rings. The summed E-state index contributed by atoms with van der Waals surface area (Å²) in [4.78, 5) is 12.0. The summed E-state index contributed by atoms with van der Waals surface area (Å²) in [5.41, 5.74) is 0.933. The highest BCUT2D eigenvalue weighted by molar-refractivity contribution is 7.18. The highest BCUT2D eigenvalue weighted by atomic mass is 35.5. The van der Waals surface area contributed by atoms with Gasteiger partial charge in [-0.2, -0.15) is 0 Å². The number of aryl methyl sites for hydroxylation is 1. The minimum Gasteiger partial charge on any atom is -0.292 e. The molecule has 0 aliphatic heterocycles. The molecule has 0 amide bonds. The molecule has 1 heterocycles. The van der Waals surface area contributed by atoms with Gasteiger partial charge in [-0.25, -0.2) is 0 Å². The lowest BCUT2D eigenvalue weighted by Gasteiger charge is -1.96. The van der Waals surface area contributed by atoms with E-state index in [0.717, 1.165) is 5.56 Å².